The molecule has 118 valence electrons. The van der Waals surface area contributed by atoms with Crippen molar-refractivity contribution in [1.82, 2.24) is 0 Å². The topological polar surface area (TPSA) is 63.4 Å². The largest absolute Gasteiger partial charge is 0.308 e. The molecule has 2 aromatic rings. The maximum absolute atomic E-state index is 12.8. The fourth-order valence-corrected chi connectivity index (χ4v) is 3.13. The Morgan fingerprint density at radius 1 is 1.17 bits per heavy atom. The highest BCUT2D eigenvalue weighted by Crippen LogP contribution is 2.37. The number of fused-ring (bicyclic) bond motifs is 1. The van der Waals surface area contributed by atoms with Gasteiger partial charge in [0.25, 0.3) is 11.6 Å². The van der Waals surface area contributed by atoms with Gasteiger partial charge in [-0.25, -0.2) is 0 Å². The molecule has 1 amide bonds. The van der Waals surface area contributed by atoms with Crippen molar-refractivity contribution < 1.29 is 9.72 Å². The van der Waals surface area contributed by atoms with Crippen molar-refractivity contribution in [3.8, 4) is 0 Å². The van der Waals surface area contributed by atoms with Crippen molar-refractivity contribution in [3.63, 3.8) is 0 Å². The van der Waals surface area contributed by atoms with Crippen molar-refractivity contribution in [2.45, 2.75) is 18.2 Å². The minimum absolute atomic E-state index is 0.0290. The number of benzene rings is 2. The third kappa shape index (κ3) is 3.05. The lowest BCUT2D eigenvalue weighted by atomic mass is 10.1. The molecule has 0 saturated heterocycles. The van der Waals surface area contributed by atoms with Gasteiger partial charge in [0.1, 0.15) is 0 Å². The highest BCUT2D eigenvalue weighted by Gasteiger charge is 2.26. The molecule has 23 heavy (non-hydrogen) atoms. The molecule has 0 radical (unpaired) electrons. The highest BCUT2D eigenvalue weighted by molar-refractivity contribution is 6.21. The molecule has 1 unspecified atom stereocenters. The van der Waals surface area contributed by atoms with E-state index in [9.17, 15) is 14.9 Å². The van der Waals surface area contributed by atoms with E-state index >= 15 is 0 Å². The van der Waals surface area contributed by atoms with Crippen LogP contribution < -0.4 is 4.90 Å². The van der Waals surface area contributed by atoms with E-state index in [1.165, 1.54) is 24.3 Å². The summed E-state index contributed by atoms with van der Waals surface area (Å²) in [6.07, 6.45) is 1.62. The van der Waals surface area contributed by atoms with Gasteiger partial charge >= 0.3 is 0 Å². The SMILES string of the molecule is O=C(c1ccc([N+](=O)[O-])cc1)N1CCCC(Cl)c2ccccc21. The van der Waals surface area contributed by atoms with Crippen molar-refractivity contribution in [1.29, 1.82) is 0 Å². The smallest absolute Gasteiger partial charge is 0.269 e. The summed E-state index contributed by atoms with van der Waals surface area (Å²) < 4.78 is 0. The number of anilines is 1. The quantitative estimate of drug-likeness (QED) is 0.468. The molecule has 0 aromatic heterocycles. The Hall–Kier alpha value is -2.40. The van der Waals surface area contributed by atoms with Crippen LogP contribution >= 0.6 is 11.6 Å². The maximum Gasteiger partial charge on any atom is 0.269 e. The van der Waals surface area contributed by atoms with Crippen LogP contribution in [-0.2, 0) is 0 Å². The Kier molecular flexibility index (Phi) is 4.30. The summed E-state index contributed by atoms with van der Waals surface area (Å²) in [5.41, 5.74) is 2.16. The van der Waals surface area contributed by atoms with Gasteiger partial charge in [-0.2, -0.15) is 0 Å². The van der Waals surface area contributed by atoms with Crippen molar-refractivity contribution in [2.24, 2.45) is 0 Å². The monoisotopic (exact) mass is 330 g/mol. The molecular weight excluding hydrogens is 316 g/mol. The molecule has 0 bridgehead atoms. The molecular formula is C17H15ClN2O3. The number of rotatable bonds is 2. The second kappa shape index (κ2) is 6.38. The van der Waals surface area contributed by atoms with Gasteiger partial charge in [-0.15, -0.1) is 11.6 Å². The lowest BCUT2D eigenvalue weighted by Gasteiger charge is -2.23. The number of para-hydroxylation sites is 1. The van der Waals surface area contributed by atoms with Crippen LogP contribution in [0.2, 0.25) is 0 Å². The number of nitrogens with zero attached hydrogens (tertiary/aromatic N) is 2. The number of carbonyl (C=O) groups is 1. The number of alkyl halides is 1. The summed E-state index contributed by atoms with van der Waals surface area (Å²) in [6.45, 7) is 0.579. The molecule has 0 fully saturated rings. The lowest BCUT2D eigenvalue weighted by Crippen LogP contribution is -2.31. The van der Waals surface area contributed by atoms with Gasteiger partial charge in [0.15, 0.2) is 0 Å². The van der Waals surface area contributed by atoms with E-state index in [0.29, 0.717) is 12.1 Å². The molecule has 3 rings (SSSR count). The Labute approximate surface area is 138 Å². The number of nitro benzene ring substituents is 1. The molecule has 0 saturated carbocycles. The molecule has 2 aromatic carbocycles. The standard InChI is InChI=1S/C17H15ClN2O3/c18-15-5-3-11-19(16-6-2-1-4-14(15)16)17(21)12-7-9-13(10-8-12)20(22)23/h1-2,4,6-10,15H,3,5,11H2. The van der Waals surface area contributed by atoms with Crippen molar-refractivity contribution in [2.75, 3.05) is 11.4 Å². The molecule has 0 spiro atoms. The van der Waals surface area contributed by atoms with E-state index in [1.807, 2.05) is 24.3 Å². The number of hydrogen-bond acceptors (Lipinski definition) is 3. The normalized spacial score (nSPS) is 17.3. The van der Waals surface area contributed by atoms with Crippen molar-refractivity contribution in [3.05, 3.63) is 69.8 Å². The predicted molar refractivity (Wildman–Crippen MR) is 89.0 cm³/mol. The van der Waals surface area contributed by atoms with Crippen LogP contribution in [0.25, 0.3) is 0 Å². The first-order valence-corrected chi connectivity index (χ1v) is 7.81. The first-order chi connectivity index (χ1) is 11.1. The molecule has 0 N–H and O–H groups in total. The van der Waals surface area contributed by atoms with Crippen LogP contribution in [0.15, 0.2) is 48.5 Å². The molecule has 6 heteroatoms. The van der Waals surface area contributed by atoms with E-state index in [2.05, 4.69) is 0 Å². The maximum atomic E-state index is 12.8. The lowest BCUT2D eigenvalue weighted by molar-refractivity contribution is -0.384. The van der Waals surface area contributed by atoms with Crippen molar-refractivity contribution >= 4 is 28.9 Å². The van der Waals surface area contributed by atoms with E-state index in [4.69, 9.17) is 11.6 Å². The average molecular weight is 331 g/mol. The molecule has 5 nitrogen and oxygen atoms in total. The zero-order chi connectivity index (χ0) is 16.4. The van der Waals surface area contributed by atoms with E-state index in [0.717, 1.165) is 24.1 Å². The summed E-state index contributed by atoms with van der Waals surface area (Å²) in [5, 5.41) is 10.6. The Morgan fingerprint density at radius 3 is 2.57 bits per heavy atom. The summed E-state index contributed by atoms with van der Waals surface area (Å²) in [4.78, 5) is 24.8. The van der Waals surface area contributed by atoms with Gasteiger partial charge in [-0.3, -0.25) is 14.9 Å². The van der Waals surface area contributed by atoms with Crippen LogP contribution in [-0.4, -0.2) is 17.4 Å². The number of non-ortho nitro benzene ring substituents is 1. The summed E-state index contributed by atoms with van der Waals surface area (Å²) >= 11 is 6.41. The highest BCUT2D eigenvalue weighted by atomic mass is 35.5. The van der Waals surface area contributed by atoms with Crippen LogP contribution in [0.4, 0.5) is 11.4 Å². The van der Waals surface area contributed by atoms with Gasteiger partial charge in [0.2, 0.25) is 0 Å². The van der Waals surface area contributed by atoms with E-state index < -0.39 is 4.92 Å². The Morgan fingerprint density at radius 2 is 1.87 bits per heavy atom. The molecule has 1 aliphatic heterocycles. The number of amides is 1. The summed E-state index contributed by atoms with van der Waals surface area (Å²) in [7, 11) is 0. The van der Waals surface area contributed by atoms with Crippen LogP contribution in [0.1, 0.15) is 34.1 Å². The fraction of sp³-hybridized carbons (Fsp3) is 0.235. The van der Waals surface area contributed by atoms with Gasteiger partial charge in [-0.05, 0) is 36.6 Å². The minimum Gasteiger partial charge on any atom is -0.308 e. The molecule has 1 atom stereocenters. The van der Waals surface area contributed by atoms with Crippen LogP contribution in [0.5, 0.6) is 0 Å². The van der Waals surface area contributed by atoms with Gasteiger partial charge in [0, 0.05) is 29.9 Å². The van der Waals surface area contributed by atoms with Gasteiger partial charge in [0.05, 0.1) is 10.3 Å². The van der Waals surface area contributed by atoms with E-state index in [1.54, 1.807) is 4.90 Å². The Balaban J connectivity index is 1.95. The second-order valence-electron chi connectivity index (χ2n) is 5.43. The number of halogens is 1. The summed E-state index contributed by atoms with van der Waals surface area (Å²) in [5.74, 6) is -0.168. The van der Waals surface area contributed by atoms with E-state index in [-0.39, 0.29) is 17.0 Å². The minimum atomic E-state index is -0.479. The Bertz CT molecular complexity index is 746. The number of carbonyl (C=O) groups excluding carboxylic acids is 1. The zero-order valence-corrected chi connectivity index (χ0v) is 13.1. The first-order valence-electron chi connectivity index (χ1n) is 7.37. The third-order valence-corrected chi connectivity index (χ3v) is 4.43. The third-order valence-electron chi connectivity index (χ3n) is 3.97. The van der Waals surface area contributed by atoms with Crippen LogP contribution in [0, 0.1) is 10.1 Å². The number of nitro groups is 1. The van der Waals surface area contributed by atoms with Gasteiger partial charge in [-0.1, -0.05) is 18.2 Å². The molecule has 1 aliphatic rings. The van der Waals surface area contributed by atoms with Crippen LogP contribution in [0.3, 0.4) is 0 Å². The predicted octanol–water partition coefficient (Wildman–Crippen LogP) is 4.32. The molecule has 1 heterocycles. The zero-order valence-electron chi connectivity index (χ0n) is 12.3. The second-order valence-corrected chi connectivity index (χ2v) is 5.96. The average Bonchev–Trinajstić information content (AvgIpc) is 2.74. The fourth-order valence-electron chi connectivity index (χ4n) is 2.80. The number of hydrogen-bond donors (Lipinski definition) is 0. The summed E-state index contributed by atoms with van der Waals surface area (Å²) in [6, 6.07) is 13.3. The van der Waals surface area contributed by atoms with Gasteiger partial charge < -0.3 is 4.90 Å². The first kappa shape index (κ1) is 15.5. The molecule has 0 aliphatic carbocycles.